The number of amides is 1. The van der Waals surface area contributed by atoms with E-state index >= 15 is 0 Å². The molecule has 0 saturated carbocycles. The van der Waals surface area contributed by atoms with Crippen molar-refractivity contribution < 1.29 is 15.0 Å². The number of para-hydroxylation sites is 1. The molecule has 1 aliphatic heterocycles. The molecule has 1 heterocycles. The number of aliphatic hydroxyl groups excluding tert-OH is 1. The summed E-state index contributed by atoms with van der Waals surface area (Å²) in [7, 11) is 0. The van der Waals surface area contributed by atoms with E-state index in [-0.39, 0.29) is 11.7 Å². The Morgan fingerprint density at radius 2 is 2.00 bits per heavy atom. The normalized spacial score (nSPS) is 17.4. The lowest BCUT2D eigenvalue weighted by molar-refractivity contribution is 0.0968. The molecule has 0 aliphatic carbocycles. The molecule has 1 atom stereocenters. The van der Waals surface area contributed by atoms with Crippen LogP contribution in [0.4, 0.5) is 5.69 Å². The predicted octanol–water partition coefficient (Wildman–Crippen LogP) is 2.78. The van der Waals surface area contributed by atoms with Crippen LogP contribution in [0.15, 0.2) is 42.5 Å². The molecule has 4 nitrogen and oxygen atoms in total. The molecule has 0 spiro atoms. The van der Waals surface area contributed by atoms with Gasteiger partial charge in [0.25, 0.3) is 5.91 Å². The van der Waals surface area contributed by atoms with E-state index < -0.39 is 6.10 Å². The topological polar surface area (TPSA) is 60.8 Å². The molecule has 0 bridgehead atoms. The van der Waals surface area contributed by atoms with Crippen LogP contribution in [0.1, 0.15) is 34.0 Å². The van der Waals surface area contributed by atoms with Crippen LogP contribution in [0.2, 0.25) is 0 Å². The fourth-order valence-electron chi connectivity index (χ4n) is 2.72. The number of hydrogen-bond acceptors (Lipinski definition) is 3. The van der Waals surface area contributed by atoms with E-state index in [1.807, 2.05) is 31.2 Å². The highest BCUT2D eigenvalue weighted by atomic mass is 16.3. The summed E-state index contributed by atoms with van der Waals surface area (Å²) < 4.78 is 0. The zero-order chi connectivity index (χ0) is 15.0. The molecular weight excluding hydrogens is 266 g/mol. The van der Waals surface area contributed by atoms with Crippen molar-refractivity contribution in [1.29, 1.82) is 0 Å². The standard InChI is InChI=1S/C17H17NO3/c1-11-6-7-15(19)13(10-11)17(21)18-9-8-16(20)12-4-2-3-5-14(12)18/h2-7,10,16,19-20H,8-9H2,1H3. The first-order valence-electron chi connectivity index (χ1n) is 6.96. The lowest BCUT2D eigenvalue weighted by atomic mass is 9.98. The molecule has 108 valence electrons. The second-order valence-electron chi connectivity index (χ2n) is 5.34. The number of fused-ring (bicyclic) bond motifs is 1. The van der Waals surface area contributed by atoms with Gasteiger partial charge in [-0.15, -0.1) is 0 Å². The Morgan fingerprint density at radius 1 is 1.24 bits per heavy atom. The maximum atomic E-state index is 12.7. The number of aliphatic hydroxyl groups is 1. The van der Waals surface area contributed by atoms with E-state index in [0.717, 1.165) is 11.1 Å². The molecule has 0 fully saturated rings. The third-order valence-electron chi connectivity index (χ3n) is 3.84. The quantitative estimate of drug-likeness (QED) is 0.846. The summed E-state index contributed by atoms with van der Waals surface area (Å²) in [6.45, 7) is 2.31. The van der Waals surface area contributed by atoms with Crippen LogP contribution in [-0.4, -0.2) is 22.7 Å². The van der Waals surface area contributed by atoms with E-state index in [0.29, 0.717) is 24.2 Å². The Hall–Kier alpha value is -2.33. The average Bonchev–Trinajstić information content (AvgIpc) is 2.50. The first-order valence-corrected chi connectivity index (χ1v) is 6.96. The number of rotatable bonds is 1. The summed E-state index contributed by atoms with van der Waals surface area (Å²) in [6.07, 6.45) is -0.0497. The fraction of sp³-hybridized carbons (Fsp3) is 0.235. The minimum absolute atomic E-state index is 0.0193. The number of carbonyl (C=O) groups is 1. The van der Waals surface area contributed by atoms with Gasteiger partial charge in [-0.25, -0.2) is 0 Å². The van der Waals surface area contributed by atoms with Crippen molar-refractivity contribution in [2.45, 2.75) is 19.4 Å². The molecule has 4 heteroatoms. The SMILES string of the molecule is Cc1ccc(O)c(C(=O)N2CCC(O)c3ccccc32)c1. The van der Waals surface area contributed by atoms with Gasteiger partial charge in [-0.2, -0.15) is 0 Å². The lowest BCUT2D eigenvalue weighted by Crippen LogP contribution is -2.36. The summed E-state index contributed by atoms with van der Waals surface area (Å²) in [6, 6.07) is 12.3. The highest BCUT2D eigenvalue weighted by Crippen LogP contribution is 2.35. The number of hydrogen-bond donors (Lipinski definition) is 2. The molecule has 3 rings (SSSR count). The fourth-order valence-corrected chi connectivity index (χ4v) is 2.72. The van der Waals surface area contributed by atoms with Crippen LogP contribution in [0.25, 0.3) is 0 Å². The van der Waals surface area contributed by atoms with Crippen LogP contribution >= 0.6 is 0 Å². The minimum atomic E-state index is -0.545. The number of aromatic hydroxyl groups is 1. The summed E-state index contributed by atoms with van der Waals surface area (Å²) in [4.78, 5) is 14.3. The largest absolute Gasteiger partial charge is 0.507 e. The van der Waals surface area contributed by atoms with Crippen molar-refractivity contribution in [3.8, 4) is 5.75 Å². The molecule has 0 aromatic heterocycles. The van der Waals surface area contributed by atoms with E-state index in [4.69, 9.17) is 0 Å². The highest BCUT2D eigenvalue weighted by molar-refractivity contribution is 6.08. The molecule has 2 N–H and O–H groups in total. The molecule has 0 saturated heterocycles. The van der Waals surface area contributed by atoms with Crippen LogP contribution in [-0.2, 0) is 0 Å². The van der Waals surface area contributed by atoms with Gasteiger partial charge in [0.15, 0.2) is 0 Å². The van der Waals surface area contributed by atoms with Crippen LogP contribution in [0.5, 0.6) is 5.75 Å². The molecule has 1 unspecified atom stereocenters. The second kappa shape index (κ2) is 5.22. The van der Waals surface area contributed by atoms with E-state index in [2.05, 4.69) is 0 Å². The summed E-state index contributed by atoms with van der Waals surface area (Å²) >= 11 is 0. The number of aryl methyl sites for hydroxylation is 1. The van der Waals surface area contributed by atoms with Crippen LogP contribution < -0.4 is 4.90 Å². The van der Waals surface area contributed by atoms with Crippen molar-refractivity contribution in [3.63, 3.8) is 0 Å². The van der Waals surface area contributed by atoms with E-state index in [9.17, 15) is 15.0 Å². The first-order chi connectivity index (χ1) is 10.1. The molecule has 21 heavy (non-hydrogen) atoms. The molecule has 2 aromatic rings. The Morgan fingerprint density at radius 3 is 2.81 bits per heavy atom. The molecule has 2 aromatic carbocycles. The molecule has 1 amide bonds. The van der Waals surface area contributed by atoms with E-state index in [1.165, 1.54) is 6.07 Å². The van der Waals surface area contributed by atoms with Crippen molar-refractivity contribution in [1.82, 2.24) is 0 Å². The summed E-state index contributed by atoms with van der Waals surface area (Å²) in [5.74, 6) is -0.259. The molecular formula is C17H17NO3. The zero-order valence-electron chi connectivity index (χ0n) is 11.8. The predicted molar refractivity (Wildman–Crippen MR) is 80.5 cm³/mol. The van der Waals surface area contributed by atoms with Crippen LogP contribution in [0.3, 0.4) is 0 Å². The number of anilines is 1. The van der Waals surface area contributed by atoms with Gasteiger partial charge in [0.05, 0.1) is 11.7 Å². The number of carbonyl (C=O) groups excluding carboxylic acids is 1. The second-order valence-corrected chi connectivity index (χ2v) is 5.34. The van der Waals surface area contributed by atoms with Gasteiger partial charge >= 0.3 is 0 Å². The molecule has 1 aliphatic rings. The van der Waals surface area contributed by atoms with Gasteiger partial charge in [0.2, 0.25) is 0 Å². The number of phenolic OH excluding ortho intramolecular Hbond substituents is 1. The Kier molecular flexibility index (Phi) is 3.39. The van der Waals surface area contributed by atoms with Crippen molar-refractivity contribution in [2.75, 3.05) is 11.4 Å². The average molecular weight is 283 g/mol. The zero-order valence-corrected chi connectivity index (χ0v) is 11.8. The third-order valence-corrected chi connectivity index (χ3v) is 3.84. The lowest BCUT2D eigenvalue weighted by Gasteiger charge is -2.32. The van der Waals surface area contributed by atoms with Gasteiger partial charge in [-0.3, -0.25) is 4.79 Å². The van der Waals surface area contributed by atoms with Crippen molar-refractivity contribution in [2.24, 2.45) is 0 Å². The maximum Gasteiger partial charge on any atom is 0.262 e. The van der Waals surface area contributed by atoms with E-state index in [1.54, 1.807) is 17.0 Å². The monoisotopic (exact) mass is 283 g/mol. The van der Waals surface area contributed by atoms with Crippen molar-refractivity contribution >= 4 is 11.6 Å². The Labute approximate surface area is 123 Å². The highest BCUT2D eigenvalue weighted by Gasteiger charge is 2.28. The smallest absolute Gasteiger partial charge is 0.262 e. The number of benzene rings is 2. The van der Waals surface area contributed by atoms with Gasteiger partial charge in [-0.05, 0) is 31.5 Å². The third kappa shape index (κ3) is 2.38. The minimum Gasteiger partial charge on any atom is -0.507 e. The van der Waals surface area contributed by atoms with Gasteiger partial charge in [0.1, 0.15) is 5.75 Å². The summed E-state index contributed by atoms with van der Waals surface area (Å²) in [5.41, 5.74) is 2.68. The maximum absolute atomic E-state index is 12.7. The Balaban J connectivity index is 2.03. The van der Waals surface area contributed by atoms with Crippen LogP contribution in [0, 0.1) is 6.92 Å². The number of nitrogens with zero attached hydrogens (tertiary/aromatic N) is 1. The first kappa shape index (κ1) is 13.6. The van der Waals surface area contributed by atoms with Gasteiger partial charge < -0.3 is 15.1 Å². The van der Waals surface area contributed by atoms with Crippen molar-refractivity contribution in [3.05, 3.63) is 59.2 Å². The van der Waals surface area contributed by atoms with Gasteiger partial charge in [0, 0.05) is 17.8 Å². The molecule has 0 radical (unpaired) electrons. The summed E-state index contributed by atoms with van der Waals surface area (Å²) in [5, 5.41) is 20.0. The van der Waals surface area contributed by atoms with Gasteiger partial charge in [-0.1, -0.05) is 29.8 Å². The number of phenols is 1. The Bertz CT molecular complexity index is 696.